The molecular formula is C21H22N2O7S2. The van der Waals surface area contributed by atoms with Gasteiger partial charge in [0.2, 0.25) is 5.91 Å². The monoisotopic (exact) mass is 478 g/mol. The fraction of sp³-hybridized carbons (Fsp3) is 0.381. The summed E-state index contributed by atoms with van der Waals surface area (Å²) in [6.07, 6.45) is 2.94. The third-order valence-corrected chi connectivity index (χ3v) is 6.94. The highest BCUT2D eigenvalue weighted by Gasteiger charge is 2.44. The topological polar surface area (TPSA) is 119 Å². The fourth-order valence-electron chi connectivity index (χ4n) is 3.57. The number of carbonyl (C=O) groups excluding carboxylic acids is 3. The summed E-state index contributed by atoms with van der Waals surface area (Å²) < 4.78 is 35.7. The molecule has 3 amide bonds. The lowest BCUT2D eigenvalue weighted by molar-refractivity contribution is -0.114. The number of ether oxygens (including phenoxy) is 2. The minimum Gasteiger partial charge on any atom is -0.493 e. The van der Waals surface area contributed by atoms with E-state index in [9.17, 15) is 22.8 Å². The van der Waals surface area contributed by atoms with Crippen molar-refractivity contribution < 1.29 is 32.3 Å². The third-order valence-electron chi connectivity index (χ3n) is 5.13. The molecule has 11 heteroatoms. The summed E-state index contributed by atoms with van der Waals surface area (Å²) in [6, 6.07) is 3.80. The second-order valence-electron chi connectivity index (χ2n) is 7.85. The summed E-state index contributed by atoms with van der Waals surface area (Å²) >= 11 is 1.08. The van der Waals surface area contributed by atoms with E-state index in [4.69, 9.17) is 9.47 Å². The van der Waals surface area contributed by atoms with Crippen molar-refractivity contribution in [2.45, 2.75) is 31.9 Å². The maximum Gasteiger partial charge on any atom is 0.265 e. The second-order valence-corrected chi connectivity index (χ2v) is 10.9. The lowest BCUT2D eigenvalue weighted by Crippen LogP contribution is -2.38. The van der Waals surface area contributed by atoms with E-state index in [1.807, 2.05) is 0 Å². The number of fused-ring (bicyclic) bond motifs is 1. The normalized spacial score (nSPS) is 16.7. The van der Waals surface area contributed by atoms with E-state index in [1.54, 1.807) is 18.2 Å². The van der Waals surface area contributed by atoms with Gasteiger partial charge in [0.15, 0.2) is 11.5 Å². The zero-order valence-corrected chi connectivity index (χ0v) is 19.3. The van der Waals surface area contributed by atoms with Crippen molar-refractivity contribution in [2.75, 3.05) is 24.4 Å². The van der Waals surface area contributed by atoms with E-state index >= 15 is 0 Å². The van der Waals surface area contributed by atoms with Crippen LogP contribution in [0.15, 0.2) is 23.6 Å². The van der Waals surface area contributed by atoms with Crippen molar-refractivity contribution in [1.82, 2.24) is 4.90 Å². The number of nitrogens with one attached hydrogen (secondary N) is 1. The van der Waals surface area contributed by atoms with Crippen molar-refractivity contribution in [3.8, 4) is 11.5 Å². The van der Waals surface area contributed by atoms with Gasteiger partial charge < -0.3 is 14.8 Å². The molecule has 9 nitrogen and oxygen atoms in total. The molecule has 1 N–H and O–H groups in total. The van der Waals surface area contributed by atoms with Crippen LogP contribution in [0, 0.1) is 0 Å². The van der Waals surface area contributed by atoms with Crippen molar-refractivity contribution >= 4 is 43.9 Å². The number of nitrogens with zero attached hydrogens (tertiary/aromatic N) is 1. The van der Waals surface area contributed by atoms with Crippen LogP contribution in [0.1, 0.15) is 52.1 Å². The predicted octanol–water partition coefficient (Wildman–Crippen LogP) is 2.64. The Labute approximate surface area is 189 Å². The van der Waals surface area contributed by atoms with Gasteiger partial charge in [-0.3, -0.25) is 19.3 Å². The van der Waals surface area contributed by atoms with E-state index < -0.39 is 33.4 Å². The summed E-state index contributed by atoms with van der Waals surface area (Å²) in [7, 11) is -2.08. The van der Waals surface area contributed by atoms with E-state index in [-0.39, 0.29) is 28.1 Å². The van der Waals surface area contributed by atoms with Gasteiger partial charge in [-0.15, -0.1) is 11.3 Å². The lowest BCUT2D eigenvalue weighted by atomic mass is 10.1. The number of rotatable bonds is 8. The molecule has 2 aliphatic rings. The largest absolute Gasteiger partial charge is 0.493 e. The van der Waals surface area contributed by atoms with Crippen LogP contribution in [0.3, 0.4) is 0 Å². The van der Waals surface area contributed by atoms with Crippen LogP contribution >= 0.6 is 11.3 Å². The van der Waals surface area contributed by atoms with Crippen LogP contribution in [-0.4, -0.2) is 56.3 Å². The van der Waals surface area contributed by atoms with Crippen molar-refractivity contribution in [3.05, 3.63) is 40.3 Å². The number of thiophene rings is 1. The average Bonchev–Trinajstić information content (AvgIpc) is 3.36. The molecule has 0 unspecified atom stereocenters. The Balaban J connectivity index is 1.76. The SMILES string of the molecule is COc1ccc([C@H](CS(C)(=O)=O)N2C(=O)c3csc(NC(C)=O)c3C2=O)cc1OC1CC1. The van der Waals surface area contributed by atoms with Crippen LogP contribution in [0.25, 0.3) is 0 Å². The number of sulfone groups is 1. The molecular weight excluding hydrogens is 456 g/mol. The molecule has 0 spiro atoms. The Kier molecular flexibility index (Phi) is 5.72. The lowest BCUT2D eigenvalue weighted by Gasteiger charge is -2.27. The molecule has 2 heterocycles. The van der Waals surface area contributed by atoms with Gasteiger partial charge in [0.05, 0.1) is 36.1 Å². The Morgan fingerprint density at radius 3 is 2.56 bits per heavy atom. The zero-order chi connectivity index (χ0) is 23.2. The van der Waals surface area contributed by atoms with E-state index in [1.165, 1.54) is 19.4 Å². The van der Waals surface area contributed by atoms with Crippen molar-refractivity contribution in [2.24, 2.45) is 0 Å². The maximum atomic E-state index is 13.3. The highest BCUT2D eigenvalue weighted by atomic mass is 32.2. The van der Waals surface area contributed by atoms with E-state index in [2.05, 4.69) is 5.32 Å². The number of hydrogen-bond acceptors (Lipinski definition) is 8. The standard InChI is InChI=1S/C21H22N2O7S2/c1-11(24)22-19-18-14(9-31-19)20(25)23(21(18)26)15(10-32(3,27)28)12-4-7-16(29-2)17(8-12)30-13-5-6-13/h4,7-9,13,15H,5-6,10H2,1-3H3,(H,22,24)/t15-/m0/s1. The molecule has 0 bridgehead atoms. The van der Waals surface area contributed by atoms with E-state index in [0.717, 1.165) is 35.3 Å². The van der Waals surface area contributed by atoms with Crippen molar-refractivity contribution in [3.63, 3.8) is 0 Å². The van der Waals surface area contributed by atoms with Gasteiger partial charge >= 0.3 is 0 Å². The van der Waals surface area contributed by atoms with Gasteiger partial charge in [-0.25, -0.2) is 8.42 Å². The van der Waals surface area contributed by atoms with Crippen molar-refractivity contribution in [1.29, 1.82) is 0 Å². The third kappa shape index (κ3) is 4.35. The smallest absolute Gasteiger partial charge is 0.265 e. The molecule has 1 atom stereocenters. The van der Waals surface area contributed by atoms with Crippen LogP contribution < -0.4 is 14.8 Å². The number of amides is 3. The number of methoxy groups -OCH3 is 1. The zero-order valence-electron chi connectivity index (χ0n) is 17.7. The van der Waals surface area contributed by atoms with Gasteiger partial charge in [-0.05, 0) is 30.5 Å². The fourth-order valence-corrected chi connectivity index (χ4v) is 5.46. The summed E-state index contributed by atoms with van der Waals surface area (Å²) in [5, 5.41) is 4.32. The molecule has 1 aromatic heterocycles. The molecule has 1 aromatic carbocycles. The maximum absolute atomic E-state index is 13.3. The van der Waals surface area contributed by atoms with Gasteiger partial charge in [0.1, 0.15) is 14.8 Å². The van der Waals surface area contributed by atoms with Crippen LogP contribution in [0.2, 0.25) is 0 Å². The van der Waals surface area contributed by atoms with Gasteiger partial charge in [0, 0.05) is 18.6 Å². The van der Waals surface area contributed by atoms with E-state index in [0.29, 0.717) is 17.1 Å². The average molecular weight is 479 g/mol. The molecule has 1 aliphatic carbocycles. The first-order valence-electron chi connectivity index (χ1n) is 9.88. The Hall–Kier alpha value is -2.92. The molecule has 1 aliphatic heterocycles. The minimum atomic E-state index is -3.58. The molecule has 4 rings (SSSR count). The number of carbonyl (C=O) groups is 3. The molecule has 32 heavy (non-hydrogen) atoms. The number of imide groups is 1. The molecule has 170 valence electrons. The highest BCUT2D eigenvalue weighted by molar-refractivity contribution is 7.90. The summed E-state index contributed by atoms with van der Waals surface area (Å²) in [5.41, 5.74) is 0.658. The number of anilines is 1. The van der Waals surface area contributed by atoms with Gasteiger partial charge in [-0.2, -0.15) is 0 Å². The molecule has 2 aromatic rings. The first-order chi connectivity index (χ1) is 15.1. The quantitative estimate of drug-likeness (QED) is 0.579. The second kappa shape index (κ2) is 8.21. The summed E-state index contributed by atoms with van der Waals surface area (Å²) in [6.45, 7) is 1.30. The van der Waals surface area contributed by atoms with Crippen LogP contribution in [0.4, 0.5) is 5.00 Å². The molecule has 0 radical (unpaired) electrons. The summed E-state index contributed by atoms with van der Waals surface area (Å²) in [5.74, 6) is -1.18. The molecule has 1 saturated carbocycles. The summed E-state index contributed by atoms with van der Waals surface area (Å²) in [4.78, 5) is 38.9. The Morgan fingerprint density at radius 2 is 1.97 bits per heavy atom. The van der Waals surface area contributed by atoms with Gasteiger partial charge in [-0.1, -0.05) is 6.07 Å². The first-order valence-corrected chi connectivity index (χ1v) is 12.8. The Bertz CT molecular complexity index is 1210. The molecule has 0 saturated heterocycles. The van der Waals surface area contributed by atoms with Gasteiger partial charge in [0.25, 0.3) is 11.8 Å². The number of benzene rings is 1. The molecule has 1 fully saturated rings. The Morgan fingerprint density at radius 1 is 1.25 bits per heavy atom. The first kappa shape index (κ1) is 22.3. The van der Waals surface area contributed by atoms with Crippen LogP contribution in [-0.2, 0) is 14.6 Å². The predicted molar refractivity (Wildman–Crippen MR) is 118 cm³/mol. The minimum absolute atomic E-state index is 0.0643. The van der Waals surface area contributed by atoms with Crippen LogP contribution in [0.5, 0.6) is 11.5 Å². The highest BCUT2D eigenvalue weighted by Crippen LogP contribution is 2.41. The number of hydrogen-bond donors (Lipinski definition) is 1.